The molecule has 1 N–H and O–H groups in total. The van der Waals surface area contributed by atoms with Crippen LogP contribution in [0.4, 0.5) is 0 Å². The van der Waals surface area contributed by atoms with Crippen molar-refractivity contribution in [3.05, 3.63) is 69.7 Å². The van der Waals surface area contributed by atoms with Gasteiger partial charge in [0.15, 0.2) is 0 Å². The molecule has 2 rings (SSSR count). The van der Waals surface area contributed by atoms with Crippen molar-refractivity contribution >= 4 is 29.2 Å². The fraction of sp³-hybridized carbons (Fsp3) is 0.235. The number of benzene rings is 2. The third-order valence-corrected chi connectivity index (χ3v) is 3.99. The van der Waals surface area contributed by atoms with Gasteiger partial charge in [-0.05, 0) is 25.5 Å². The van der Waals surface area contributed by atoms with Gasteiger partial charge < -0.3 is 9.84 Å². The van der Waals surface area contributed by atoms with Crippen molar-refractivity contribution in [2.24, 2.45) is 0 Å². The third kappa shape index (κ3) is 3.12. The largest absolute Gasteiger partial charge is 0.460 e. The van der Waals surface area contributed by atoms with Gasteiger partial charge in [-0.15, -0.1) is 0 Å². The first kappa shape index (κ1) is 16.8. The van der Waals surface area contributed by atoms with Crippen molar-refractivity contribution in [2.45, 2.75) is 25.6 Å². The van der Waals surface area contributed by atoms with E-state index in [9.17, 15) is 9.90 Å². The van der Waals surface area contributed by atoms with E-state index in [1.54, 1.807) is 62.4 Å². The van der Waals surface area contributed by atoms with E-state index in [1.807, 2.05) is 0 Å². The molecule has 0 saturated heterocycles. The minimum absolute atomic E-state index is 0.122. The molecule has 0 fully saturated rings. The lowest BCUT2D eigenvalue weighted by atomic mass is 9.86. The van der Waals surface area contributed by atoms with Crippen LogP contribution in [0.3, 0.4) is 0 Å². The van der Waals surface area contributed by atoms with Crippen LogP contribution in [0.5, 0.6) is 0 Å². The maximum absolute atomic E-state index is 12.6. The number of hydrogen-bond donors (Lipinski definition) is 1. The Hall–Kier alpha value is -1.55. The molecule has 116 valence electrons. The fourth-order valence-electron chi connectivity index (χ4n) is 2.15. The minimum Gasteiger partial charge on any atom is -0.460 e. The number of ether oxygens (including phenoxy) is 1. The molecule has 0 spiro atoms. The third-order valence-electron chi connectivity index (χ3n) is 3.17. The molecule has 0 aromatic heterocycles. The molecule has 0 saturated carbocycles. The highest BCUT2D eigenvalue weighted by atomic mass is 35.5. The number of carbonyl (C=O) groups excluding carboxylic acids is 1. The van der Waals surface area contributed by atoms with Crippen molar-refractivity contribution in [2.75, 3.05) is 0 Å². The fourth-order valence-corrected chi connectivity index (χ4v) is 2.58. The molecule has 5 heteroatoms. The summed E-state index contributed by atoms with van der Waals surface area (Å²) in [6.07, 6.45) is -0.374. The Labute approximate surface area is 139 Å². The van der Waals surface area contributed by atoms with E-state index in [0.717, 1.165) is 0 Å². The van der Waals surface area contributed by atoms with Gasteiger partial charge in [0.05, 0.1) is 16.1 Å². The van der Waals surface area contributed by atoms with E-state index >= 15 is 0 Å². The Morgan fingerprint density at radius 1 is 1.09 bits per heavy atom. The quantitative estimate of drug-likeness (QED) is 0.850. The number of halogens is 2. The van der Waals surface area contributed by atoms with Crippen molar-refractivity contribution in [3.8, 4) is 0 Å². The van der Waals surface area contributed by atoms with Gasteiger partial charge >= 0.3 is 5.97 Å². The highest BCUT2D eigenvalue weighted by Gasteiger charge is 2.43. The van der Waals surface area contributed by atoms with E-state index in [4.69, 9.17) is 27.9 Å². The summed E-state index contributed by atoms with van der Waals surface area (Å²) in [5.74, 6) is -0.794. The number of aliphatic hydroxyl groups is 1. The lowest BCUT2D eigenvalue weighted by molar-refractivity contribution is -0.166. The first-order chi connectivity index (χ1) is 10.4. The molecule has 1 atom stereocenters. The molecular weight excluding hydrogens is 323 g/mol. The van der Waals surface area contributed by atoms with Gasteiger partial charge in [-0.1, -0.05) is 65.7 Å². The highest BCUT2D eigenvalue weighted by molar-refractivity contribution is 6.42. The van der Waals surface area contributed by atoms with Gasteiger partial charge in [0, 0.05) is 5.56 Å². The standard InChI is InChI=1S/C17H16Cl2O3/c1-11(2)22-16(20)17(21,12-7-4-3-5-8-12)13-9-6-10-14(18)15(13)19/h3-11,21H,1-2H3. The molecule has 0 aliphatic rings. The Morgan fingerprint density at radius 2 is 1.73 bits per heavy atom. The molecule has 22 heavy (non-hydrogen) atoms. The predicted octanol–water partition coefficient (Wildman–Crippen LogP) is 4.18. The van der Waals surface area contributed by atoms with Gasteiger partial charge in [-0.2, -0.15) is 0 Å². The van der Waals surface area contributed by atoms with Crippen LogP contribution < -0.4 is 0 Å². The number of esters is 1. The smallest absolute Gasteiger partial charge is 0.348 e. The Kier molecular flexibility index (Phi) is 5.12. The topological polar surface area (TPSA) is 46.5 Å². The van der Waals surface area contributed by atoms with Crippen LogP contribution >= 0.6 is 23.2 Å². The van der Waals surface area contributed by atoms with E-state index in [0.29, 0.717) is 5.56 Å². The van der Waals surface area contributed by atoms with E-state index in [-0.39, 0.29) is 21.7 Å². The zero-order valence-electron chi connectivity index (χ0n) is 12.2. The maximum atomic E-state index is 12.6. The summed E-state index contributed by atoms with van der Waals surface area (Å²) in [6, 6.07) is 13.3. The molecule has 0 bridgehead atoms. The molecular formula is C17H16Cl2O3. The first-order valence-corrected chi connectivity index (χ1v) is 7.56. The second-order valence-electron chi connectivity index (χ2n) is 5.13. The van der Waals surface area contributed by atoms with Crippen LogP contribution in [-0.4, -0.2) is 17.2 Å². The van der Waals surface area contributed by atoms with E-state index < -0.39 is 11.6 Å². The van der Waals surface area contributed by atoms with E-state index in [1.165, 1.54) is 0 Å². The summed E-state index contributed by atoms with van der Waals surface area (Å²) >= 11 is 12.2. The van der Waals surface area contributed by atoms with Gasteiger partial charge in [0.25, 0.3) is 0 Å². The zero-order valence-corrected chi connectivity index (χ0v) is 13.7. The maximum Gasteiger partial charge on any atom is 0.348 e. The van der Waals surface area contributed by atoms with Crippen molar-refractivity contribution in [1.82, 2.24) is 0 Å². The summed E-state index contributed by atoms with van der Waals surface area (Å²) in [6.45, 7) is 3.42. The van der Waals surface area contributed by atoms with Crippen LogP contribution in [0.2, 0.25) is 10.0 Å². The highest BCUT2D eigenvalue weighted by Crippen LogP contribution is 2.38. The SMILES string of the molecule is CC(C)OC(=O)C(O)(c1ccccc1)c1cccc(Cl)c1Cl. The molecule has 0 heterocycles. The molecule has 1 unspecified atom stereocenters. The Morgan fingerprint density at radius 3 is 2.32 bits per heavy atom. The lowest BCUT2D eigenvalue weighted by Crippen LogP contribution is -2.40. The van der Waals surface area contributed by atoms with E-state index in [2.05, 4.69) is 0 Å². The van der Waals surface area contributed by atoms with Crippen LogP contribution in [0, 0.1) is 0 Å². The molecule has 0 aliphatic heterocycles. The molecule has 0 amide bonds. The van der Waals surface area contributed by atoms with Gasteiger partial charge in [-0.25, -0.2) is 4.79 Å². The number of hydrogen-bond acceptors (Lipinski definition) is 3. The second kappa shape index (κ2) is 6.69. The Bertz CT molecular complexity index is 671. The Balaban J connectivity index is 2.65. The van der Waals surface area contributed by atoms with Gasteiger partial charge in [0.1, 0.15) is 0 Å². The molecule has 2 aromatic carbocycles. The lowest BCUT2D eigenvalue weighted by Gasteiger charge is -2.29. The zero-order chi connectivity index (χ0) is 16.3. The summed E-state index contributed by atoms with van der Waals surface area (Å²) in [5.41, 5.74) is -1.46. The minimum atomic E-state index is -2.02. The van der Waals surface area contributed by atoms with Crippen molar-refractivity contribution in [3.63, 3.8) is 0 Å². The molecule has 2 aromatic rings. The van der Waals surface area contributed by atoms with Crippen LogP contribution in [0.15, 0.2) is 48.5 Å². The number of rotatable bonds is 4. The van der Waals surface area contributed by atoms with Crippen LogP contribution in [-0.2, 0) is 15.1 Å². The summed E-state index contributed by atoms with van der Waals surface area (Å²) in [4.78, 5) is 12.6. The van der Waals surface area contributed by atoms with Crippen molar-refractivity contribution < 1.29 is 14.6 Å². The summed E-state index contributed by atoms with van der Waals surface area (Å²) in [5, 5.41) is 11.5. The molecule has 0 radical (unpaired) electrons. The van der Waals surface area contributed by atoms with Crippen molar-refractivity contribution in [1.29, 1.82) is 0 Å². The van der Waals surface area contributed by atoms with Crippen LogP contribution in [0.25, 0.3) is 0 Å². The number of carbonyl (C=O) groups is 1. The molecule has 3 nitrogen and oxygen atoms in total. The predicted molar refractivity (Wildman–Crippen MR) is 87.1 cm³/mol. The monoisotopic (exact) mass is 338 g/mol. The normalized spacial score (nSPS) is 13.7. The van der Waals surface area contributed by atoms with Gasteiger partial charge in [-0.3, -0.25) is 0 Å². The average molecular weight is 339 g/mol. The van der Waals surface area contributed by atoms with Crippen LogP contribution in [0.1, 0.15) is 25.0 Å². The summed E-state index contributed by atoms with van der Waals surface area (Å²) in [7, 11) is 0. The first-order valence-electron chi connectivity index (χ1n) is 6.80. The second-order valence-corrected chi connectivity index (χ2v) is 5.92. The van der Waals surface area contributed by atoms with Gasteiger partial charge in [0.2, 0.25) is 5.60 Å². The summed E-state index contributed by atoms with van der Waals surface area (Å²) < 4.78 is 5.23. The average Bonchev–Trinajstić information content (AvgIpc) is 2.49. The molecule has 0 aliphatic carbocycles.